The summed E-state index contributed by atoms with van der Waals surface area (Å²) in [5.74, 6) is -0.615. The number of nitrogens with zero attached hydrogens (tertiary/aromatic N) is 5. The van der Waals surface area contributed by atoms with E-state index in [4.69, 9.17) is 5.73 Å². The lowest BCUT2D eigenvalue weighted by atomic mass is 9.89. The van der Waals surface area contributed by atoms with Gasteiger partial charge in [-0.2, -0.15) is 5.10 Å². The SMILES string of the molecule is Cc1cc(C(NC(=O)N2CCC(c3cc4ccccc4[nH]c3=O)CC2)C(=O)N[C@H](CCCCN)C(=O)N2CCN(c3ccncc3)CC2)cc2cn[nH]c12. The summed E-state index contributed by atoms with van der Waals surface area (Å²) in [7, 11) is 0. The first-order chi connectivity index (χ1) is 26.3. The van der Waals surface area contributed by atoms with Crippen molar-refractivity contribution < 1.29 is 14.4 Å². The number of aryl methyl sites for hydroxylation is 1. The number of carbonyl (C=O) groups excluding carboxylic acids is 3. The van der Waals surface area contributed by atoms with Gasteiger partial charge in [-0.05, 0) is 98.3 Å². The number of benzene rings is 2. The minimum Gasteiger partial charge on any atom is -0.368 e. The quantitative estimate of drug-likeness (QED) is 0.127. The topological polar surface area (TPSA) is 185 Å². The molecule has 0 radical (unpaired) electrons. The van der Waals surface area contributed by atoms with Crippen LogP contribution in [0.1, 0.15) is 60.8 Å². The van der Waals surface area contributed by atoms with Gasteiger partial charge < -0.3 is 36.1 Å². The van der Waals surface area contributed by atoms with E-state index in [1.165, 1.54) is 0 Å². The van der Waals surface area contributed by atoms with Gasteiger partial charge in [0.2, 0.25) is 11.8 Å². The van der Waals surface area contributed by atoms with Crippen molar-refractivity contribution in [1.82, 2.24) is 40.6 Å². The average Bonchev–Trinajstić information content (AvgIpc) is 3.69. The monoisotopic (exact) mass is 732 g/mol. The van der Waals surface area contributed by atoms with E-state index in [2.05, 4.69) is 35.7 Å². The largest absolute Gasteiger partial charge is 0.368 e. The number of anilines is 1. The molecule has 14 nitrogen and oxygen atoms in total. The lowest BCUT2D eigenvalue weighted by Gasteiger charge is -2.38. The molecule has 4 amide bonds. The molecule has 0 bridgehead atoms. The molecule has 7 rings (SSSR count). The van der Waals surface area contributed by atoms with E-state index in [9.17, 15) is 19.2 Å². The van der Waals surface area contributed by atoms with Crippen LogP contribution >= 0.6 is 0 Å². The lowest BCUT2D eigenvalue weighted by molar-refractivity contribution is -0.137. The van der Waals surface area contributed by atoms with Gasteiger partial charge in [0, 0.05) is 73.8 Å². The smallest absolute Gasteiger partial charge is 0.318 e. The molecule has 0 spiro atoms. The highest BCUT2D eigenvalue weighted by molar-refractivity contribution is 5.94. The minimum atomic E-state index is -1.08. The van der Waals surface area contributed by atoms with E-state index in [1.54, 1.807) is 23.5 Å². The molecule has 6 N–H and O–H groups in total. The Balaban J connectivity index is 1.07. The molecule has 2 atom stereocenters. The number of rotatable bonds is 11. The molecule has 5 aromatic rings. The van der Waals surface area contributed by atoms with E-state index >= 15 is 0 Å². The first kappa shape index (κ1) is 36.6. The molecule has 2 fully saturated rings. The molecule has 2 saturated heterocycles. The van der Waals surface area contributed by atoms with Crippen LogP contribution in [0.2, 0.25) is 0 Å². The molecule has 54 heavy (non-hydrogen) atoms. The van der Waals surface area contributed by atoms with Crippen molar-refractivity contribution >= 4 is 45.3 Å². The van der Waals surface area contributed by atoms with Gasteiger partial charge in [0.05, 0.1) is 11.7 Å². The van der Waals surface area contributed by atoms with Crippen LogP contribution in [0.4, 0.5) is 10.5 Å². The Labute approximate surface area is 313 Å². The molecule has 2 aliphatic heterocycles. The number of H-pyrrole nitrogens is 2. The lowest BCUT2D eigenvalue weighted by Crippen LogP contribution is -2.56. The van der Waals surface area contributed by atoms with Crippen molar-refractivity contribution in [2.24, 2.45) is 5.73 Å². The Morgan fingerprint density at radius 2 is 1.67 bits per heavy atom. The van der Waals surface area contributed by atoms with Crippen molar-refractivity contribution in [1.29, 1.82) is 0 Å². The van der Waals surface area contributed by atoms with Gasteiger partial charge in [-0.25, -0.2) is 4.79 Å². The summed E-state index contributed by atoms with van der Waals surface area (Å²) < 4.78 is 0. The first-order valence-corrected chi connectivity index (χ1v) is 18.8. The number of fused-ring (bicyclic) bond motifs is 2. The molecule has 0 aliphatic carbocycles. The number of amides is 4. The number of likely N-dealkylation sites (tertiary alicyclic amines) is 1. The zero-order valence-electron chi connectivity index (χ0n) is 30.6. The standard InChI is InChI=1S/C40H48N10O4/c1-26-22-29(23-30-25-43-47-35(26)30)36(46-40(54)50-16-11-27(12-17-50)32-24-28-6-2-3-7-33(28)44-37(32)51)38(52)45-34(8-4-5-13-41)39(53)49-20-18-48(19-21-49)31-9-14-42-15-10-31/h2-3,6-7,9-10,14-15,22-25,27,34,36H,4-5,8,11-13,16-21,41H2,1H3,(H,43,47)(H,44,51)(H,45,52)(H,46,54)/t34-,36?/m1/s1. The van der Waals surface area contributed by atoms with Crippen molar-refractivity contribution in [2.45, 2.75) is 57.0 Å². The number of nitrogens with two attached hydrogens (primary N) is 1. The number of urea groups is 1. The number of unbranched alkanes of at least 4 members (excludes halogenated alkanes) is 1. The number of carbonyl (C=O) groups is 3. The van der Waals surface area contributed by atoms with Gasteiger partial charge in [-0.15, -0.1) is 0 Å². The summed E-state index contributed by atoms with van der Waals surface area (Å²) in [5, 5.41) is 15.0. The van der Waals surface area contributed by atoms with E-state index in [-0.39, 0.29) is 23.4 Å². The maximum atomic E-state index is 14.4. The Morgan fingerprint density at radius 3 is 2.43 bits per heavy atom. The van der Waals surface area contributed by atoms with E-state index < -0.39 is 18.0 Å². The van der Waals surface area contributed by atoms with E-state index in [0.717, 1.165) is 38.6 Å². The van der Waals surface area contributed by atoms with E-state index in [1.807, 2.05) is 66.4 Å². The number of hydrogen-bond donors (Lipinski definition) is 5. The fourth-order valence-corrected chi connectivity index (χ4v) is 7.77. The zero-order valence-corrected chi connectivity index (χ0v) is 30.6. The fraction of sp³-hybridized carbons (Fsp3) is 0.400. The first-order valence-electron chi connectivity index (χ1n) is 18.8. The highest BCUT2D eigenvalue weighted by Gasteiger charge is 2.34. The van der Waals surface area contributed by atoms with E-state index in [0.29, 0.717) is 83.5 Å². The summed E-state index contributed by atoms with van der Waals surface area (Å²) >= 11 is 0. The van der Waals surface area contributed by atoms with Gasteiger partial charge in [-0.1, -0.05) is 24.3 Å². The number of piperazine rings is 1. The maximum absolute atomic E-state index is 14.4. The third-order valence-electron chi connectivity index (χ3n) is 10.8. The number of nitrogens with one attached hydrogen (secondary N) is 4. The molecule has 1 unspecified atom stereocenters. The van der Waals surface area contributed by atoms with Gasteiger partial charge >= 0.3 is 6.03 Å². The third kappa shape index (κ3) is 8.08. The van der Waals surface area contributed by atoms with Crippen molar-refractivity contribution in [3.63, 3.8) is 0 Å². The van der Waals surface area contributed by atoms with Crippen molar-refractivity contribution in [3.8, 4) is 0 Å². The number of pyridine rings is 2. The molecule has 2 aromatic carbocycles. The van der Waals surface area contributed by atoms with Gasteiger partial charge in [0.25, 0.3) is 5.56 Å². The maximum Gasteiger partial charge on any atom is 0.318 e. The Hall–Kier alpha value is -5.76. The Morgan fingerprint density at radius 1 is 0.907 bits per heavy atom. The average molecular weight is 733 g/mol. The normalized spacial score (nSPS) is 16.4. The van der Waals surface area contributed by atoms with Crippen LogP contribution in [0, 0.1) is 6.92 Å². The van der Waals surface area contributed by atoms with Crippen LogP contribution in [0.5, 0.6) is 0 Å². The molecule has 14 heteroatoms. The fourth-order valence-electron chi connectivity index (χ4n) is 7.77. The van der Waals surface area contributed by atoms with Gasteiger partial charge in [0.15, 0.2) is 0 Å². The summed E-state index contributed by atoms with van der Waals surface area (Å²) in [4.78, 5) is 68.2. The zero-order chi connectivity index (χ0) is 37.6. The number of aromatic nitrogens is 4. The third-order valence-corrected chi connectivity index (χ3v) is 10.8. The van der Waals surface area contributed by atoms with Crippen LogP contribution in [0.25, 0.3) is 21.8 Å². The number of para-hydroxylation sites is 1. The van der Waals surface area contributed by atoms with Crippen molar-refractivity contribution in [2.75, 3.05) is 50.7 Å². The molecule has 2 aliphatic rings. The molecule has 3 aromatic heterocycles. The second-order valence-electron chi connectivity index (χ2n) is 14.3. The molecule has 282 valence electrons. The highest BCUT2D eigenvalue weighted by atomic mass is 16.2. The van der Waals surface area contributed by atoms with Crippen LogP contribution in [-0.4, -0.2) is 99.7 Å². The molecule has 5 heterocycles. The molecule has 0 saturated carbocycles. The Bertz CT molecular complexity index is 2150. The number of hydrogen-bond acceptors (Lipinski definition) is 8. The highest BCUT2D eigenvalue weighted by Crippen LogP contribution is 2.29. The summed E-state index contributed by atoms with van der Waals surface area (Å²) in [6.45, 7) is 5.59. The summed E-state index contributed by atoms with van der Waals surface area (Å²) in [6, 6.07) is 15.0. The molecular weight excluding hydrogens is 685 g/mol. The number of aromatic amines is 2. The Kier molecular flexibility index (Phi) is 11.2. The summed E-state index contributed by atoms with van der Waals surface area (Å²) in [6.07, 6.45) is 8.22. The van der Waals surface area contributed by atoms with Crippen LogP contribution < -0.4 is 26.8 Å². The summed E-state index contributed by atoms with van der Waals surface area (Å²) in [5.41, 5.74) is 10.6. The van der Waals surface area contributed by atoms with Crippen LogP contribution in [0.3, 0.4) is 0 Å². The second-order valence-corrected chi connectivity index (χ2v) is 14.3. The van der Waals surface area contributed by atoms with Crippen molar-refractivity contribution in [3.05, 3.63) is 100 Å². The minimum absolute atomic E-state index is 0.000455. The predicted molar refractivity (Wildman–Crippen MR) is 208 cm³/mol. The van der Waals surface area contributed by atoms with Crippen LogP contribution in [-0.2, 0) is 9.59 Å². The number of piperidine rings is 1. The molecular formula is C40H48N10O4. The second kappa shape index (κ2) is 16.5. The van der Waals surface area contributed by atoms with Gasteiger partial charge in [0.1, 0.15) is 12.1 Å². The van der Waals surface area contributed by atoms with Gasteiger partial charge in [-0.3, -0.25) is 24.5 Å². The predicted octanol–water partition coefficient (Wildman–Crippen LogP) is 3.70. The van der Waals surface area contributed by atoms with Crippen LogP contribution in [0.15, 0.2) is 78.0 Å².